The van der Waals surface area contributed by atoms with E-state index >= 15 is 0 Å². The SMILES string of the molecule is O=C1N[C@@]2(C3CC(Br)=CC=C3F)COC(O)C[C@H]2CO1. The van der Waals surface area contributed by atoms with Crippen LogP contribution in [0, 0.1) is 11.8 Å². The van der Waals surface area contributed by atoms with E-state index in [1.54, 1.807) is 6.08 Å². The third-order valence-electron chi connectivity index (χ3n) is 4.26. The van der Waals surface area contributed by atoms with Gasteiger partial charge in [-0.2, -0.15) is 0 Å². The topological polar surface area (TPSA) is 67.8 Å². The van der Waals surface area contributed by atoms with Gasteiger partial charge in [0, 0.05) is 18.3 Å². The summed E-state index contributed by atoms with van der Waals surface area (Å²) in [5.74, 6) is -1.00. The number of ether oxygens (including phenoxy) is 2. The lowest BCUT2D eigenvalue weighted by Gasteiger charge is -2.51. The third-order valence-corrected chi connectivity index (χ3v) is 4.84. The molecule has 0 radical (unpaired) electrons. The fourth-order valence-corrected chi connectivity index (χ4v) is 3.63. The van der Waals surface area contributed by atoms with Gasteiger partial charge in [0.2, 0.25) is 0 Å². The Hall–Kier alpha value is -0.920. The molecule has 110 valence electrons. The number of fused-ring (bicyclic) bond motifs is 1. The molecule has 0 aromatic carbocycles. The normalized spacial score (nSPS) is 41.0. The van der Waals surface area contributed by atoms with Gasteiger partial charge in [-0.15, -0.1) is 0 Å². The standard InChI is InChI=1S/C13H15BrFNO4/c14-8-1-2-10(15)9(4-8)13-6-20-11(17)3-7(13)5-19-12(18)16-13/h1-2,7,9,11,17H,3-6H2,(H,16,18)/t7-,9?,11?,13-/m0/s1. The van der Waals surface area contributed by atoms with Gasteiger partial charge in [-0.1, -0.05) is 15.9 Å². The van der Waals surface area contributed by atoms with Gasteiger partial charge in [0.1, 0.15) is 5.83 Å². The number of aliphatic hydroxyl groups is 1. The van der Waals surface area contributed by atoms with Gasteiger partial charge in [-0.3, -0.25) is 0 Å². The van der Waals surface area contributed by atoms with Gasteiger partial charge in [0.25, 0.3) is 0 Å². The van der Waals surface area contributed by atoms with Crippen molar-refractivity contribution in [2.45, 2.75) is 24.7 Å². The van der Waals surface area contributed by atoms with Crippen molar-refractivity contribution in [1.82, 2.24) is 5.32 Å². The maximum Gasteiger partial charge on any atom is 0.407 e. The molecule has 2 unspecified atom stereocenters. The Morgan fingerprint density at radius 2 is 2.30 bits per heavy atom. The maximum atomic E-state index is 14.3. The molecule has 20 heavy (non-hydrogen) atoms. The Balaban J connectivity index is 1.95. The zero-order valence-corrected chi connectivity index (χ0v) is 12.2. The number of amides is 1. The van der Waals surface area contributed by atoms with Crippen LogP contribution in [-0.2, 0) is 9.47 Å². The number of alkyl carbamates (subject to hydrolysis) is 1. The monoisotopic (exact) mass is 347 g/mol. The predicted molar refractivity (Wildman–Crippen MR) is 71.6 cm³/mol. The molecule has 0 saturated carbocycles. The highest BCUT2D eigenvalue weighted by atomic mass is 79.9. The summed E-state index contributed by atoms with van der Waals surface area (Å²) in [5, 5.41) is 12.4. The number of aliphatic hydroxyl groups excluding tert-OH is 1. The second-order valence-corrected chi connectivity index (χ2v) is 6.40. The number of carbonyl (C=O) groups is 1. The van der Waals surface area contributed by atoms with Crippen LogP contribution in [0.5, 0.6) is 0 Å². The summed E-state index contributed by atoms with van der Waals surface area (Å²) in [4.78, 5) is 11.6. The lowest BCUT2D eigenvalue weighted by Crippen LogP contribution is -2.68. The summed E-state index contributed by atoms with van der Waals surface area (Å²) in [7, 11) is 0. The van der Waals surface area contributed by atoms with E-state index in [1.807, 2.05) is 0 Å². The molecular weight excluding hydrogens is 333 g/mol. The Morgan fingerprint density at radius 3 is 3.10 bits per heavy atom. The number of cyclic esters (lactones) is 1. The zero-order chi connectivity index (χ0) is 14.3. The molecule has 1 aliphatic carbocycles. The van der Waals surface area contributed by atoms with Crippen LogP contribution in [0.25, 0.3) is 0 Å². The highest BCUT2D eigenvalue weighted by Gasteiger charge is 2.55. The second kappa shape index (κ2) is 5.13. The molecule has 2 saturated heterocycles. The smallest absolute Gasteiger partial charge is 0.407 e. The van der Waals surface area contributed by atoms with Crippen molar-refractivity contribution in [2.75, 3.05) is 13.2 Å². The predicted octanol–water partition coefficient (Wildman–Crippen LogP) is 1.97. The lowest BCUT2D eigenvalue weighted by atomic mass is 9.68. The number of hydrogen-bond acceptors (Lipinski definition) is 4. The fraction of sp³-hybridized carbons (Fsp3) is 0.615. The molecule has 2 heterocycles. The molecule has 2 fully saturated rings. The molecule has 0 aromatic heterocycles. The summed E-state index contributed by atoms with van der Waals surface area (Å²) in [6.07, 6.45) is 2.35. The molecule has 0 spiro atoms. The first-order valence-corrected chi connectivity index (χ1v) is 7.27. The summed E-state index contributed by atoms with van der Waals surface area (Å²) in [5.41, 5.74) is -0.873. The number of nitrogens with one attached hydrogen (secondary N) is 1. The van der Waals surface area contributed by atoms with E-state index < -0.39 is 23.8 Å². The minimum atomic E-state index is -0.902. The van der Waals surface area contributed by atoms with Gasteiger partial charge in [0.05, 0.1) is 18.8 Å². The number of carbonyl (C=O) groups excluding carboxylic acids is 1. The molecule has 3 rings (SSSR count). The molecular formula is C13H15BrFNO4. The highest BCUT2D eigenvalue weighted by Crippen LogP contribution is 2.45. The first-order chi connectivity index (χ1) is 9.51. The quantitative estimate of drug-likeness (QED) is 0.760. The molecule has 4 atom stereocenters. The number of allylic oxidation sites excluding steroid dienone is 3. The molecule has 2 aliphatic heterocycles. The fourth-order valence-electron chi connectivity index (χ4n) is 3.18. The summed E-state index contributed by atoms with van der Waals surface area (Å²) in [6, 6.07) is 0. The van der Waals surface area contributed by atoms with E-state index in [0.717, 1.165) is 4.48 Å². The van der Waals surface area contributed by atoms with Crippen LogP contribution in [0.1, 0.15) is 12.8 Å². The maximum absolute atomic E-state index is 14.3. The van der Waals surface area contributed by atoms with Gasteiger partial charge in [0.15, 0.2) is 6.29 Å². The summed E-state index contributed by atoms with van der Waals surface area (Å²) in [6.45, 7) is 0.234. The van der Waals surface area contributed by atoms with Crippen LogP contribution in [-0.4, -0.2) is 36.2 Å². The Morgan fingerprint density at radius 1 is 1.50 bits per heavy atom. The summed E-state index contributed by atoms with van der Waals surface area (Å²) < 4.78 is 25.4. The Labute approximate surface area is 123 Å². The van der Waals surface area contributed by atoms with Crippen molar-refractivity contribution in [3.05, 3.63) is 22.5 Å². The van der Waals surface area contributed by atoms with Crippen molar-refractivity contribution in [3.8, 4) is 0 Å². The first kappa shape index (κ1) is 14.0. The van der Waals surface area contributed by atoms with E-state index in [0.29, 0.717) is 12.8 Å². The number of hydrogen-bond donors (Lipinski definition) is 2. The summed E-state index contributed by atoms with van der Waals surface area (Å²) >= 11 is 3.38. The van der Waals surface area contributed by atoms with E-state index in [-0.39, 0.29) is 25.0 Å². The second-order valence-electron chi connectivity index (χ2n) is 5.38. The van der Waals surface area contributed by atoms with Gasteiger partial charge in [-0.25, -0.2) is 9.18 Å². The average molecular weight is 348 g/mol. The van der Waals surface area contributed by atoms with Crippen LogP contribution in [0.4, 0.5) is 9.18 Å². The van der Waals surface area contributed by atoms with Crippen LogP contribution in [0.15, 0.2) is 22.5 Å². The first-order valence-electron chi connectivity index (χ1n) is 6.47. The molecule has 1 amide bonds. The van der Waals surface area contributed by atoms with Crippen molar-refractivity contribution in [3.63, 3.8) is 0 Å². The molecule has 7 heteroatoms. The minimum Gasteiger partial charge on any atom is -0.449 e. The largest absolute Gasteiger partial charge is 0.449 e. The van der Waals surface area contributed by atoms with Gasteiger partial charge >= 0.3 is 6.09 Å². The molecule has 5 nitrogen and oxygen atoms in total. The van der Waals surface area contributed by atoms with E-state index in [2.05, 4.69) is 21.2 Å². The number of halogens is 2. The van der Waals surface area contributed by atoms with E-state index in [1.165, 1.54) is 6.08 Å². The van der Waals surface area contributed by atoms with E-state index in [9.17, 15) is 14.3 Å². The third kappa shape index (κ3) is 2.27. The minimum absolute atomic E-state index is 0.0696. The van der Waals surface area contributed by atoms with Crippen molar-refractivity contribution >= 4 is 22.0 Å². The average Bonchev–Trinajstić information content (AvgIpc) is 2.42. The van der Waals surface area contributed by atoms with Crippen molar-refractivity contribution in [1.29, 1.82) is 0 Å². The molecule has 3 aliphatic rings. The molecule has 0 bridgehead atoms. The zero-order valence-electron chi connectivity index (χ0n) is 10.6. The van der Waals surface area contributed by atoms with Crippen molar-refractivity contribution < 1.29 is 23.8 Å². The van der Waals surface area contributed by atoms with Gasteiger partial charge in [-0.05, 0) is 23.1 Å². The van der Waals surface area contributed by atoms with Crippen LogP contribution < -0.4 is 5.32 Å². The molecule has 0 aromatic rings. The van der Waals surface area contributed by atoms with Crippen LogP contribution in [0.2, 0.25) is 0 Å². The highest BCUT2D eigenvalue weighted by molar-refractivity contribution is 9.11. The lowest BCUT2D eigenvalue weighted by molar-refractivity contribution is -0.192. The van der Waals surface area contributed by atoms with Gasteiger partial charge < -0.3 is 19.9 Å². The Bertz CT molecular complexity index is 495. The van der Waals surface area contributed by atoms with Crippen LogP contribution in [0.3, 0.4) is 0 Å². The van der Waals surface area contributed by atoms with Crippen molar-refractivity contribution in [2.24, 2.45) is 11.8 Å². The van der Waals surface area contributed by atoms with E-state index in [4.69, 9.17) is 9.47 Å². The Kier molecular flexibility index (Phi) is 3.60. The molecule has 2 N–H and O–H groups in total. The van der Waals surface area contributed by atoms with Crippen LogP contribution >= 0.6 is 15.9 Å². The number of rotatable bonds is 1.